The standard InChI is InChI=1S/C18H24BrN3O3/c1-13(5-6-14-7-9-15(19)10-8-14)20-16(23)4-3-11-22-17(24)12-21(2)18(22)25/h7-10,13H,3-6,11-12H2,1-2H3,(H,20,23). The number of carbonyl (C=O) groups is 3. The lowest BCUT2D eigenvalue weighted by Gasteiger charge is -2.16. The maximum atomic E-state index is 12.0. The molecule has 0 aromatic heterocycles. The van der Waals surface area contributed by atoms with Gasteiger partial charge in [0.1, 0.15) is 6.54 Å². The van der Waals surface area contributed by atoms with Crippen LogP contribution >= 0.6 is 15.9 Å². The summed E-state index contributed by atoms with van der Waals surface area (Å²) < 4.78 is 1.05. The maximum Gasteiger partial charge on any atom is 0.326 e. The fraction of sp³-hybridized carbons (Fsp3) is 0.500. The molecule has 1 atom stereocenters. The summed E-state index contributed by atoms with van der Waals surface area (Å²) in [6.07, 6.45) is 2.55. The van der Waals surface area contributed by atoms with Crippen molar-refractivity contribution < 1.29 is 14.4 Å². The van der Waals surface area contributed by atoms with Crippen LogP contribution in [0.5, 0.6) is 0 Å². The van der Waals surface area contributed by atoms with E-state index in [1.807, 2.05) is 19.1 Å². The number of carbonyl (C=O) groups excluding carboxylic acids is 3. The highest BCUT2D eigenvalue weighted by Gasteiger charge is 2.32. The molecule has 1 unspecified atom stereocenters. The largest absolute Gasteiger partial charge is 0.354 e. The highest BCUT2D eigenvalue weighted by molar-refractivity contribution is 9.10. The van der Waals surface area contributed by atoms with Gasteiger partial charge >= 0.3 is 6.03 Å². The quantitative estimate of drug-likeness (QED) is 0.670. The Morgan fingerprint density at radius 2 is 1.96 bits per heavy atom. The van der Waals surface area contributed by atoms with Crippen LogP contribution in [0.2, 0.25) is 0 Å². The third-order valence-electron chi connectivity index (χ3n) is 4.20. The van der Waals surface area contributed by atoms with Gasteiger partial charge in [-0.15, -0.1) is 0 Å². The summed E-state index contributed by atoms with van der Waals surface area (Å²) in [5.41, 5.74) is 1.24. The molecule has 2 rings (SSSR count). The number of hydrogen-bond acceptors (Lipinski definition) is 3. The van der Waals surface area contributed by atoms with Gasteiger partial charge in [0.05, 0.1) is 0 Å². The number of amides is 4. The number of hydrogen-bond donors (Lipinski definition) is 1. The molecule has 7 heteroatoms. The first-order valence-electron chi connectivity index (χ1n) is 8.46. The minimum absolute atomic E-state index is 0.0456. The normalized spacial score (nSPS) is 15.6. The van der Waals surface area contributed by atoms with Crippen molar-refractivity contribution in [3.8, 4) is 0 Å². The number of likely N-dealkylation sites (N-methyl/N-ethyl adjacent to an activating group) is 1. The second kappa shape index (κ2) is 8.99. The molecule has 0 spiro atoms. The van der Waals surface area contributed by atoms with Gasteiger partial charge < -0.3 is 10.2 Å². The van der Waals surface area contributed by atoms with Gasteiger partial charge in [-0.3, -0.25) is 14.5 Å². The zero-order chi connectivity index (χ0) is 18.4. The second-order valence-electron chi connectivity index (χ2n) is 6.42. The smallest absolute Gasteiger partial charge is 0.326 e. The van der Waals surface area contributed by atoms with E-state index in [1.165, 1.54) is 15.4 Å². The Balaban J connectivity index is 1.65. The molecule has 1 aromatic rings. The Morgan fingerprint density at radius 1 is 1.28 bits per heavy atom. The molecule has 1 N–H and O–H groups in total. The fourth-order valence-electron chi connectivity index (χ4n) is 2.74. The highest BCUT2D eigenvalue weighted by atomic mass is 79.9. The Kier molecular flexibility index (Phi) is 6.99. The van der Waals surface area contributed by atoms with Crippen molar-refractivity contribution in [2.24, 2.45) is 0 Å². The third kappa shape index (κ3) is 5.85. The summed E-state index contributed by atoms with van der Waals surface area (Å²) in [5, 5.41) is 2.97. The molecular weight excluding hydrogens is 386 g/mol. The van der Waals surface area contributed by atoms with Gasteiger partial charge in [0.2, 0.25) is 11.8 Å². The molecule has 25 heavy (non-hydrogen) atoms. The number of nitrogens with zero attached hydrogens (tertiary/aromatic N) is 2. The van der Waals surface area contributed by atoms with E-state index in [4.69, 9.17) is 0 Å². The van der Waals surface area contributed by atoms with Crippen LogP contribution in [0.25, 0.3) is 0 Å². The molecule has 4 amide bonds. The number of imide groups is 1. The van der Waals surface area contributed by atoms with E-state index in [1.54, 1.807) is 7.05 Å². The average Bonchev–Trinajstić information content (AvgIpc) is 2.80. The van der Waals surface area contributed by atoms with Crippen molar-refractivity contribution in [3.05, 3.63) is 34.3 Å². The first-order chi connectivity index (χ1) is 11.9. The van der Waals surface area contributed by atoms with Crippen molar-refractivity contribution in [1.82, 2.24) is 15.1 Å². The van der Waals surface area contributed by atoms with Crippen LogP contribution in [0.3, 0.4) is 0 Å². The molecule has 1 fully saturated rings. The third-order valence-corrected chi connectivity index (χ3v) is 4.73. The molecule has 1 aromatic carbocycles. The van der Waals surface area contributed by atoms with Crippen LogP contribution < -0.4 is 5.32 Å². The summed E-state index contributed by atoms with van der Waals surface area (Å²) >= 11 is 3.41. The molecular formula is C18H24BrN3O3. The van der Waals surface area contributed by atoms with Crippen LogP contribution in [-0.4, -0.2) is 53.8 Å². The molecule has 6 nitrogen and oxygen atoms in total. The van der Waals surface area contributed by atoms with Gasteiger partial charge in [-0.05, 0) is 43.9 Å². The van der Waals surface area contributed by atoms with E-state index < -0.39 is 0 Å². The molecule has 1 heterocycles. The molecule has 136 valence electrons. The topological polar surface area (TPSA) is 69.7 Å². The van der Waals surface area contributed by atoms with Crippen molar-refractivity contribution in [1.29, 1.82) is 0 Å². The number of benzene rings is 1. The SMILES string of the molecule is CC(CCc1ccc(Br)cc1)NC(=O)CCCN1C(=O)CN(C)C1=O. The Bertz CT molecular complexity index is 633. The summed E-state index contributed by atoms with van der Waals surface area (Å²) in [4.78, 5) is 38.0. The van der Waals surface area contributed by atoms with Crippen LogP contribution in [0.15, 0.2) is 28.7 Å². The Hall–Kier alpha value is -1.89. The van der Waals surface area contributed by atoms with E-state index >= 15 is 0 Å². The van der Waals surface area contributed by atoms with Crippen molar-refractivity contribution in [2.45, 2.75) is 38.6 Å². The van der Waals surface area contributed by atoms with E-state index in [9.17, 15) is 14.4 Å². The van der Waals surface area contributed by atoms with E-state index in [0.29, 0.717) is 19.4 Å². The lowest BCUT2D eigenvalue weighted by Crippen LogP contribution is -2.35. The van der Waals surface area contributed by atoms with Gasteiger partial charge in [-0.1, -0.05) is 28.1 Å². The average molecular weight is 410 g/mol. The van der Waals surface area contributed by atoms with Gasteiger partial charge in [-0.2, -0.15) is 0 Å². The number of rotatable bonds is 8. The summed E-state index contributed by atoms with van der Waals surface area (Å²) in [6.45, 7) is 2.40. The van der Waals surface area contributed by atoms with E-state index in [2.05, 4.69) is 33.4 Å². The Labute approximate surface area is 156 Å². The number of aryl methyl sites for hydroxylation is 1. The Morgan fingerprint density at radius 3 is 2.56 bits per heavy atom. The van der Waals surface area contributed by atoms with Crippen LogP contribution in [-0.2, 0) is 16.0 Å². The van der Waals surface area contributed by atoms with Crippen molar-refractivity contribution in [3.63, 3.8) is 0 Å². The van der Waals surface area contributed by atoms with Crippen LogP contribution in [0.4, 0.5) is 4.79 Å². The van der Waals surface area contributed by atoms with Gasteiger partial charge in [0.25, 0.3) is 0 Å². The molecule has 1 aliphatic heterocycles. The monoisotopic (exact) mass is 409 g/mol. The second-order valence-corrected chi connectivity index (χ2v) is 7.34. The van der Waals surface area contributed by atoms with Crippen molar-refractivity contribution in [2.75, 3.05) is 20.1 Å². The summed E-state index contributed by atoms with van der Waals surface area (Å²) in [7, 11) is 1.60. The zero-order valence-electron chi connectivity index (χ0n) is 14.6. The first-order valence-corrected chi connectivity index (χ1v) is 9.25. The number of urea groups is 1. The first kappa shape index (κ1) is 19.4. The molecule has 0 aliphatic carbocycles. The molecule has 0 bridgehead atoms. The van der Waals surface area contributed by atoms with Gasteiger partial charge in [0, 0.05) is 30.5 Å². The summed E-state index contributed by atoms with van der Waals surface area (Å²) in [5.74, 6) is -0.244. The highest BCUT2D eigenvalue weighted by Crippen LogP contribution is 2.13. The number of halogens is 1. The fourth-order valence-corrected chi connectivity index (χ4v) is 3.00. The zero-order valence-corrected chi connectivity index (χ0v) is 16.2. The van der Waals surface area contributed by atoms with Crippen molar-refractivity contribution >= 4 is 33.8 Å². The molecule has 0 saturated carbocycles. The predicted octanol–water partition coefficient (Wildman–Crippen LogP) is 2.56. The van der Waals surface area contributed by atoms with E-state index in [-0.39, 0.29) is 30.4 Å². The molecule has 1 aliphatic rings. The lowest BCUT2D eigenvalue weighted by molar-refractivity contribution is -0.126. The lowest BCUT2D eigenvalue weighted by atomic mass is 10.1. The van der Waals surface area contributed by atoms with Crippen LogP contribution in [0.1, 0.15) is 31.7 Å². The van der Waals surface area contributed by atoms with Gasteiger partial charge in [-0.25, -0.2) is 4.79 Å². The molecule has 0 radical (unpaired) electrons. The maximum absolute atomic E-state index is 12.0. The van der Waals surface area contributed by atoms with E-state index in [0.717, 1.165) is 17.3 Å². The minimum atomic E-state index is -0.284. The summed E-state index contributed by atoms with van der Waals surface area (Å²) in [6, 6.07) is 7.96. The minimum Gasteiger partial charge on any atom is -0.354 e. The predicted molar refractivity (Wildman–Crippen MR) is 99.0 cm³/mol. The van der Waals surface area contributed by atoms with Gasteiger partial charge in [0.15, 0.2) is 0 Å². The number of nitrogens with one attached hydrogen (secondary N) is 1. The van der Waals surface area contributed by atoms with Crippen LogP contribution in [0, 0.1) is 0 Å². The molecule has 1 saturated heterocycles.